The molecular weight excluding hydrogens is 434 g/mol. The fourth-order valence-electron chi connectivity index (χ4n) is 4.11. The Kier molecular flexibility index (Phi) is 5.99. The van der Waals surface area contributed by atoms with Crippen LogP contribution in [0.1, 0.15) is 35.4 Å². The maximum atomic E-state index is 12.9. The molecule has 2 fully saturated rings. The van der Waals surface area contributed by atoms with Crippen LogP contribution in [0.15, 0.2) is 29.2 Å². The van der Waals surface area contributed by atoms with E-state index in [0.717, 1.165) is 57.7 Å². The Morgan fingerprint density at radius 2 is 1.84 bits per heavy atom. The largest absolute Gasteiger partial charge is 0.341 e. The number of imide groups is 1. The van der Waals surface area contributed by atoms with Gasteiger partial charge in [0.1, 0.15) is 6.54 Å². The van der Waals surface area contributed by atoms with Crippen molar-refractivity contribution < 1.29 is 14.4 Å². The Balaban J connectivity index is 1.60. The van der Waals surface area contributed by atoms with Gasteiger partial charge in [-0.1, -0.05) is 17.7 Å². The van der Waals surface area contributed by atoms with Gasteiger partial charge in [0, 0.05) is 35.2 Å². The van der Waals surface area contributed by atoms with Crippen LogP contribution >= 0.6 is 23.4 Å². The van der Waals surface area contributed by atoms with Crippen molar-refractivity contribution in [2.75, 3.05) is 19.6 Å². The van der Waals surface area contributed by atoms with E-state index in [9.17, 15) is 14.4 Å². The minimum Gasteiger partial charge on any atom is -0.341 e. The first-order valence-corrected chi connectivity index (χ1v) is 11.4. The van der Waals surface area contributed by atoms with Crippen LogP contribution < -0.4 is 0 Å². The molecule has 0 unspecified atom stereocenters. The third-order valence-electron chi connectivity index (χ3n) is 5.79. The Hall–Kier alpha value is -2.51. The molecule has 3 heterocycles. The molecule has 3 amide bonds. The smallest absolute Gasteiger partial charge is 0.294 e. The molecule has 0 atom stereocenters. The lowest BCUT2D eigenvalue weighted by molar-refractivity contribution is -0.135. The van der Waals surface area contributed by atoms with Gasteiger partial charge in [0.2, 0.25) is 5.91 Å². The lowest BCUT2D eigenvalue weighted by atomic mass is 10.2. The van der Waals surface area contributed by atoms with E-state index in [1.54, 1.807) is 11.0 Å². The molecule has 0 saturated carbocycles. The second-order valence-electron chi connectivity index (χ2n) is 7.95. The Bertz CT molecular complexity index is 1120. The number of aryl methyl sites for hydroxylation is 2. The van der Waals surface area contributed by atoms with Gasteiger partial charge >= 0.3 is 0 Å². The molecule has 2 aromatic rings. The van der Waals surface area contributed by atoms with Gasteiger partial charge in [0.05, 0.1) is 4.91 Å². The number of thioether (sulfide) groups is 1. The number of rotatable bonds is 4. The lowest BCUT2D eigenvalue weighted by Crippen LogP contribution is -2.40. The van der Waals surface area contributed by atoms with Crippen LogP contribution in [-0.2, 0) is 9.59 Å². The molecule has 0 N–H and O–H groups in total. The highest BCUT2D eigenvalue weighted by molar-refractivity contribution is 8.18. The van der Waals surface area contributed by atoms with E-state index in [-0.39, 0.29) is 12.5 Å². The summed E-state index contributed by atoms with van der Waals surface area (Å²) in [5.41, 5.74) is 4.86. The highest BCUT2D eigenvalue weighted by Crippen LogP contribution is 2.34. The van der Waals surface area contributed by atoms with E-state index in [0.29, 0.717) is 23.0 Å². The van der Waals surface area contributed by atoms with Crippen LogP contribution in [0, 0.1) is 20.8 Å². The fraction of sp³-hybridized carbons (Fsp3) is 0.348. The quantitative estimate of drug-likeness (QED) is 0.623. The zero-order chi connectivity index (χ0) is 22.3. The number of likely N-dealkylation sites (tertiary alicyclic amines) is 1. The van der Waals surface area contributed by atoms with Gasteiger partial charge in [-0.3, -0.25) is 19.3 Å². The summed E-state index contributed by atoms with van der Waals surface area (Å²) in [6, 6.07) is 7.73. The number of amides is 3. The van der Waals surface area contributed by atoms with Crippen LogP contribution in [-0.4, -0.2) is 51.1 Å². The van der Waals surface area contributed by atoms with Gasteiger partial charge < -0.3 is 9.47 Å². The van der Waals surface area contributed by atoms with Crippen molar-refractivity contribution in [1.82, 2.24) is 14.4 Å². The average Bonchev–Trinajstić information content (AvgIpc) is 3.41. The van der Waals surface area contributed by atoms with Gasteiger partial charge in [0.15, 0.2) is 0 Å². The maximum Gasteiger partial charge on any atom is 0.294 e. The number of aromatic nitrogens is 1. The van der Waals surface area contributed by atoms with Crippen molar-refractivity contribution in [2.24, 2.45) is 0 Å². The molecule has 8 heteroatoms. The second kappa shape index (κ2) is 8.55. The maximum absolute atomic E-state index is 12.9. The number of carbonyl (C=O) groups is 3. The van der Waals surface area contributed by atoms with Gasteiger partial charge in [-0.25, -0.2) is 0 Å². The number of hydrogen-bond acceptors (Lipinski definition) is 4. The molecule has 2 aliphatic rings. The third-order valence-corrected chi connectivity index (χ3v) is 6.94. The number of halogens is 1. The van der Waals surface area contributed by atoms with Crippen molar-refractivity contribution in [1.29, 1.82) is 0 Å². The highest BCUT2D eigenvalue weighted by Gasteiger charge is 2.37. The SMILES string of the molecule is Cc1ccc(Cl)cc1-n1c(C)cc(/C=C2/SC(=O)N(CC(=O)N3CCCC3)C2=O)c1C. The van der Waals surface area contributed by atoms with Crippen LogP contribution in [0.2, 0.25) is 5.02 Å². The zero-order valence-electron chi connectivity index (χ0n) is 17.8. The summed E-state index contributed by atoms with van der Waals surface area (Å²) in [7, 11) is 0. The van der Waals surface area contributed by atoms with Crippen molar-refractivity contribution in [3.8, 4) is 5.69 Å². The molecule has 2 saturated heterocycles. The monoisotopic (exact) mass is 457 g/mol. The first kappa shape index (κ1) is 21.7. The van der Waals surface area contributed by atoms with Gasteiger partial charge in [0.25, 0.3) is 11.1 Å². The third kappa shape index (κ3) is 4.16. The van der Waals surface area contributed by atoms with Crippen LogP contribution in [0.25, 0.3) is 11.8 Å². The van der Waals surface area contributed by atoms with Crippen molar-refractivity contribution in [3.63, 3.8) is 0 Å². The molecule has 2 aliphatic heterocycles. The van der Waals surface area contributed by atoms with Crippen LogP contribution in [0.4, 0.5) is 4.79 Å². The summed E-state index contributed by atoms with van der Waals surface area (Å²) in [5.74, 6) is -0.582. The first-order chi connectivity index (χ1) is 14.8. The number of benzene rings is 1. The summed E-state index contributed by atoms with van der Waals surface area (Å²) in [6.45, 7) is 7.18. The molecule has 4 rings (SSSR count). The fourth-order valence-corrected chi connectivity index (χ4v) is 5.10. The summed E-state index contributed by atoms with van der Waals surface area (Å²) >= 11 is 7.09. The average molecular weight is 458 g/mol. The molecule has 31 heavy (non-hydrogen) atoms. The number of hydrogen-bond donors (Lipinski definition) is 0. The van der Waals surface area contributed by atoms with E-state index in [1.165, 1.54) is 0 Å². The van der Waals surface area contributed by atoms with E-state index in [2.05, 4.69) is 4.57 Å². The molecule has 0 aliphatic carbocycles. The predicted molar refractivity (Wildman–Crippen MR) is 123 cm³/mol. The molecule has 1 aromatic heterocycles. The van der Waals surface area contributed by atoms with Crippen LogP contribution in [0.3, 0.4) is 0 Å². The summed E-state index contributed by atoms with van der Waals surface area (Å²) in [4.78, 5) is 40.8. The summed E-state index contributed by atoms with van der Waals surface area (Å²) in [5, 5.41) is 0.252. The standard InChI is InChI=1S/C23H24ClN3O3S/c1-14-6-7-18(24)12-19(14)27-15(2)10-17(16(27)3)11-20-22(29)26(23(30)31-20)13-21(28)25-8-4-5-9-25/h6-7,10-12H,4-5,8-9,13H2,1-3H3/b20-11+. The molecular formula is C23H24ClN3O3S. The Morgan fingerprint density at radius 3 is 2.55 bits per heavy atom. The Labute approximate surface area is 190 Å². The Morgan fingerprint density at radius 1 is 1.13 bits per heavy atom. The second-order valence-corrected chi connectivity index (χ2v) is 9.38. The molecule has 6 nitrogen and oxygen atoms in total. The molecule has 1 aromatic carbocycles. The minimum atomic E-state index is -0.411. The van der Waals surface area contributed by atoms with Crippen molar-refractivity contribution in [3.05, 3.63) is 56.7 Å². The summed E-state index contributed by atoms with van der Waals surface area (Å²) < 4.78 is 2.09. The zero-order valence-corrected chi connectivity index (χ0v) is 19.3. The van der Waals surface area contributed by atoms with E-state index in [1.807, 2.05) is 45.0 Å². The summed E-state index contributed by atoms with van der Waals surface area (Å²) in [6.07, 6.45) is 3.68. The van der Waals surface area contributed by atoms with Crippen molar-refractivity contribution >= 4 is 46.5 Å². The van der Waals surface area contributed by atoms with Gasteiger partial charge in [-0.05, 0) is 80.8 Å². The number of carbonyl (C=O) groups excluding carboxylic acids is 3. The number of nitrogens with zero attached hydrogens (tertiary/aromatic N) is 3. The van der Waals surface area contributed by atoms with Crippen molar-refractivity contribution in [2.45, 2.75) is 33.6 Å². The van der Waals surface area contributed by atoms with Gasteiger partial charge in [-0.2, -0.15) is 0 Å². The van der Waals surface area contributed by atoms with Gasteiger partial charge in [-0.15, -0.1) is 0 Å². The molecule has 0 bridgehead atoms. The van der Waals surface area contributed by atoms with E-state index < -0.39 is 11.1 Å². The van der Waals surface area contributed by atoms with E-state index >= 15 is 0 Å². The normalized spacial score (nSPS) is 18.0. The van der Waals surface area contributed by atoms with E-state index in [4.69, 9.17) is 11.6 Å². The lowest BCUT2D eigenvalue weighted by Gasteiger charge is -2.18. The molecule has 0 spiro atoms. The molecule has 0 radical (unpaired) electrons. The predicted octanol–water partition coefficient (Wildman–Crippen LogP) is 4.71. The highest BCUT2D eigenvalue weighted by atomic mass is 35.5. The molecule has 162 valence electrons. The first-order valence-electron chi connectivity index (χ1n) is 10.2. The van der Waals surface area contributed by atoms with Crippen LogP contribution in [0.5, 0.6) is 0 Å². The topological polar surface area (TPSA) is 62.6 Å². The minimum absolute atomic E-state index is 0.171.